The minimum absolute atomic E-state index is 0.00557. The first-order valence-electron chi connectivity index (χ1n) is 12.0. The molecule has 3 heterocycles. The number of aromatic nitrogens is 3. The van der Waals surface area contributed by atoms with Crippen LogP contribution in [0.4, 0.5) is 10.6 Å². The van der Waals surface area contributed by atoms with Crippen molar-refractivity contribution in [2.24, 2.45) is 17.8 Å². The lowest BCUT2D eigenvalue weighted by Crippen LogP contribution is -2.40. The normalized spacial score (nSPS) is 24.8. The van der Waals surface area contributed by atoms with E-state index in [1.165, 1.54) is 16.4 Å². The summed E-state index contributed by atoms with van der Waals surface area (Å²) in [5.74, 6) is -0.245. The lowest BCUT2D eigenvalue weighted by molar-refractivity contribution is -0.125. The van der Waals surface area contributed by atoms with Crippen LogP contribution < -0.4 is 10.9 Å². The predicted molar refractivity (Wildman–Crippen MR) is 131 cm³/mol. The number of carbonyl (C=O) groups excluding carboxylic acids is 2. The fraction of sp³-hybridized carbons (Fsp3) is 0.652. The molecule has 0 radical (unpaired) electrons. The van der Waals surface area contributed by atoms with E-state index in [9.17, 15) is 18.0 Å². The molecule has 1 aliphatic heterocycles. The molecular formula is C23H34N6O5S. The third-order valence-electron chi connectivity index (χ3n) is 6.82. The van der Waals surface area contributed by atoms with Gasteiger partial charge in [0.05, 0.1) is 17.4 Å². The summed E-state index contributed by atoms with van der Waals surface area (Å²) in [6.07, 6.45) is 4.73. The fourth-order valence-electron chi connectivity index (χ4n) is 4.65. The number of hydrogen-bond acceptors (Lipinski definition) is 8. The van der Waals surface area contributed by atoms with Gasteiger partial charge in [0.25, 0.3) is 0 Å². The molecule has 2 fully saturated rings. The molecule has 4 rings (SSSR count). The van der Waals surface area contributed by atoms with Gasteiger partial charge in [-0.3, -0.25) is 15.6 Å². The van der Waals surface area contributed by atoms with Gasteiger partial charge in [0.1, 0.15) is 11.1 Å². The van der Waals surface area contributed by atoms with Crippen LogP contribution in [0.1, 0.15) is 53.9 Å². The summed E-state index contributed by atoms with van der Waals surface area (Å²) in [4.78, 5) is 35.6. The summed E-state index contributed by atoms with van der Waals surface area (Å²) in [5, 5.41) is -0.407. The maximum atomic E-state index is 12.9. The van der Waals surface area contributed by atoms with Crippen LogP contribution in [-0.2, 0) is 19.6 Å². The van der Waals surface area contributed by atoms with Crippen molar-refractivity contribution in [1.82, 2.24) is 24.3 Å². The molecule has 2 aromatic rings. The highest BCUT2D eigenvalue weighted by Gasteiger charge is 2.41. The van der Waals surface area contributed by atoms with Gasteiger partial charge >= 0.3 is 6.09 Å². The minimum Gasteiger partial charge on any atom is -0.444 e. The van der Waals surface area contributed by atoms with Crippen LogP contribution in [0.15, 0.2) is 18.5 Å². The summed E-state index contributed by atoms with van der Waals surface area (Å²) in [6.45, 7) is 10.1. The Kier molecular flexibility index (Phi) is 6.69. The first-order chi connectivity index (χ1) is 16.4. The highest BCUT2D eigenvalue weighted by molar-refractivity contribution is 7.90. The molecule has 4 atom stereocenters. The maximum absolute atomic E-state index is 12.9. The molecule has 11 nitrogen and oxygen atoms in total. The van der Waals surface area contributed by atoms with Gasteiger partial charge in [0.15, 0.2) is 11.5 Å². The van der Waals surface area contributed by atoms with Crippen LogP contribution in [-0.4, -0.2) is 63.2 Å². The summed E-state index contributed by atoms with van der Waals surface area (Å²) in [7, 11) is -3.54. The number of nitrogens with one attached hydrogen (secondary N) is 2. The van der Waals surface area contributed by atoms with Crippen molar-refractivity contribution in [2.45, 2.75) is 64.7 Å². The molecule has 35 heavy (non-hydrogen) atoms. The largest absolute Gasteiger partial charge is 0.444 e. The van der Waals surface area contributed by atoms with E-state index in [-0.39, 0.29) is 35.8 Å². The van der Waals surface area contributed by atoms with Gasteiger partial charge in [-0.25, -0.2) is 27.2 Å². The Balaban J connectivity index is 1.41. The van der Waals surface area contributed by atoms with Gasteiger partial charge in [-0.2, -0.15) is 0 Å². The Morgan fingerprint density at radius 2 is 1.97 bits per heavy atom. The molecule has 1 saturated carbocycles. The molecule has 2 N–H and O–H groups in total. The molecule has 192 valence electrons. The lowest BCUT2D eigenvalue weighted by Gasteiger charge is -2.33. The molecule has 3 unspecified atom stereocenters. The maximum Gasteiger partial charge on any atom is 0.410 e. The highest BCUT2D eigenvalue weighted by Crippen LogP contribution is 2.35. The smallest absolute Gasteiger partial charge is 0.410 e. The first-order valence-corrected chi connectivity index (χ1v) is 13.5. The molecule has 0 bridgehead atoms. The van der Waals surface area contributed by atoms with E-state index in [2.05, 4.69) is 20.8 Å². The number of ether oxygens (including phenoxy) is 1. The quantitative estimate of drug-likeness (QED) is 0.571. The van der Waals surface area contributed by atoms with E-state index in [1.54, 1.807) is 11.0 Å². The molecule has 1 aliphatic carbocycles. The van der Waals surface area contributed by atoms with Gasteiger partial charge in [-0.15, -0.1) is 0 Å². The van der Waals surface area contributed by atoms with Gasteiger partial charge in [0, 0.05) is 19.3 Å². The molecule has 0 aromatic carbocycles. The first kappa shape index (κ1) is 25.2. The lowest BCUT2D eigenvalue weighted by atomic mass is 9.87. The Morgan fingerprint density at radius 3 is 2.57 bits per heavy atom. The standard InChI is InChI=1S/C23H34N6O5S/c1-6-15-12-28(22(31)34-23(3,4)5)13-16(15)21(30)27-26-19-11-24-20-17(25-19)9-10-29(20)35(32,33)18-8-7-14(18)2/h9-11,14-16,18H,6-8,12-13H2,1-5H3,(H,25,26)(H,27,30)/t14-,15?,16?,18?/m1/s1. The SMILES string of the molecule is CCC1CN(C(=O)OC(C)(C)C)CC1C(=O)NNc1cnc2c(ccn2S(=O)(=O)C2CC[C@H]2C)n1. The molecular weight excluding hydrogens is 472 g/mol. The van der Waals surface area contributed by atoms with Gasteiger partial charge in [-0.1, -0.05) is 20.3 Å². The number of anilines is 1. The molecule has 2 aliphatic rings. The summed E-state index contributed by atoms with van der Waals surface area (Å²) in [5.41, 5.74) is 5.50. The van der Waals surface area contributed by atoms with Crippen LogP contribution in [0.3, 0.4) is 0 Å². The summed E-state index contributed by atoms with van der Waals surface area (Å²) < 4.78 is 32.5. The number of rotatable bonds is 6. The molecule has 12 heteroatoms. The molecule has 2 aromatic heterocycles. The molecule has 0 spiro atoms. The highest BCUT2D eigenvalue weighted by atomic mass is 32.2. The van der Waals surface area contributed by atoms with Crippen molar-refractivity contribution in [2.75, 3.05) is 18.5 Å². The van der Waals surface area contributed by atoms with E-state index in [4.69, 9.17) is 4.74 Å². The average molecular weight is 507 g/mol. The van der Waals surface area contributed by atoms with Gasteiger partial charge < -0.3 is 9.64 Å². The van der Waals surface area contributed by atoms with Crippen molar-refractivity contribution in [3.05, 3.63) is 18.5 Å². The minimum atomic E-state index is -3.54. The van der Waals surface area contributed by atoms with E-state index in [0.717, 1.165) is 12.8 Å². The van der Waals surface area contributed by atoms with Crippen molar-refractivity contribution in [3.8, 4) is 0 Å². The van der Waals surface area contributed by atoms with Crippen LogP contribution in [0.2, 0.25) is 0 Å². The van der Waals surface area contributed by atoms with Crippen LogP contribution in [0.5, 0.6) is 0 Å². The average Bonchev–Trinajstić information content (AvgIpc) is 3.39. The van der Waals surface area contributed by atoms with E-state index >= 15 is 0 Å². The van der Waals surface area contributed by atoms with Crippen LogP contribution >= 0.6 is 0 Å². The Morgan fingerprint density at radius 1 is 1.23 bits per heavy atom. The number of fused-ring (bicyclic) bond motifs is 1. The number of hydrogen-bond donors (Lipinski definition) is 2. The fourth-order valence-corrected chi connectivity index (χ4v) is 6.71. The van der Waals surface area contributed by atoms with Crippen molar-refractivity contribution < 1.29 is 22.7 Å². The monoisotopic (exact) mass is 506 g/mol. The van der Waals surface area contributed by atoms with Crippen molar-refractivity contribution in [1.29, 1.82) is 0 Å². The predicted octanol–water partition coefficient (Wildman–Crippen LogP) is 2.74. The molecule has 1 saturated heterocycles. The van der Waals surface area contributed by atoms with Crippen LogP contribution in [0, 0.1) is 17.8 Å². The third kappa shape index (κ3) is 5.07. The second-order valence-corrected chi connectivity index (χ2v) is 12.5. The van der Waals surface area contributed by atoms with Crippen LogP contribution in [0.25, 0.3) is 11.2 Å². The second kappa shape index (κ2) is 9.29. The Hall–Kier alpha value is -2.89. The van der Waals surface area contributed by atoms with E-state index in [1.807, 2.05) is 34.6 Å². The number of nitrogens with zero attached hydrogens (tertiary/aromatic N) is 4. The van der Waals surface area contributed by atoms with Crippen molar-refractivity contribution >= 4 is 39.0 Å². The topological polar surface area (TPSA) is 136 Å². The number of likely N-dealkylation sites (tertiary alicyclic amines) is 1. The number of carbonyl (C=O) groups is 2. The Bertz CT molecular complexity index is 1220. The summed E-state index contributed by atoms with van der Waals surface area (Å²) >= 11 is 0. The zero-order chi connectivity index (χ0) is 25.5. The molecule has 2 amide bonds. The number of hydrazine groups is 1. The third-order valence-corrected chi connectivity index (χ3v) is 9.13. The van der Waals surface area contributed by atoms with E-state index < -0.39 is 32.9 Å². The second-order valence-electron chi connectivity index (χ2n) is 10.5. The zero-order valence-corrected chi connectivity index (χ0v) is 21.6. The van der Waals surface area contributed by atoms with Crippen molar-refractivity contribution in [3.63, 3.8) is 0 Å². The zero-order valence-electron chi connectivity index (χ0n) is 20.8. The Labute approximate surface area is 205 Å². The summed E-state index contributed by atoms with van der Waals surface area (Å²) in [6, 6.07) is 1.60. The van der Waals surface area contributed by atoms with Gasteiger partial charge in [-0.05, 0) is 51.5 Å². The number of amides is 2. The van der Waals surface area contributed by atoms with Gasteiger partial charge in [0.2, 0.25) is 15.9 Å². The van der Waals surface area contributed by atoms with E-state index in [0.29, 0.717) is 18.5 Å².